The van der Waals surface area contributed by atoms with E-state index in [1.165, 1.54) is 22.5 Å². The number of fused-ring (bicyclic) bond motifs is 5. The Balaban J connectivity index is 0.00000218. The van der Waals surface area contributed by atoms with Crippen LogP contribution in [0.2, 0.25) is 0 Å². The van der Waals surface area contributed by atoms with Gasteiger partial charge in [-0.25, -0.2) is 0 Å². The molecule has 0 saturated carbocycles. The summed E-state index contributed by atoms with van der Waals surface area (Å²) in [4.78, 5) is 0. The highest BCUT2D eigenvalue weighted by molar-refractivity contribution is 9.10. The summed E-state index contributed by atoms with van der Waals surface area (Å²) in [5.74, 6) is 3.20. The van der Waals surface area contributed by atoms with E-state index < -0.39 is 0 Å². The van der Waals surface area contributed by atoms with Gasteiger partial charge in [-0.1, -0.05) is 22.9 Å². The summed E-state index contributed by atoms with van der Waals surface area (Å²) >= 11 is 3.77. The molecule has 2 aliphatic rings. The first-order chi connectivity index (χ1) is 14.2. The van der Waals surface area contributed by atoms with E-state index in [4.69, 9.17) is 18.9 Å². The van der Waals surface area contributed by atoms with Crippen LogP contribution in [-0.4, -0.2) is 21.0 Å². The summed E-state index contributed by atoms with van der Waals surface area (Å²) < 4.78 is 26.1. The van der Waals surface area contributed by atoms with E-state index in [0.717, 1.165) is 64.1 Å². The maximum atomic E-state index is 5.82. The Morgan fingerprint density at radius 1 is 1.07 bits per heavy atom. The molecule has 0 bridgehead atoms. The van der Waals surface area contributed by atoms with Gasteiger partial charge >= 0.3 is 0 Å². The highest BCUT2D eigenvalue weighted by Crippen LogP contribution is 2.45. The number of benzene rings is 2. The van der Waals surface area contributed by atoms with Gasteiger partial charge in [0.2, 0.25) is 12.5 Å². The van der Waals surface area contributed by atoms with Gasteiger partial charge in [0.25, 0.3) is 0 Å². The number of nitrogens with zero attached hydrogens (tertiary/aromatic N) is 1. The summed E-state index contributed by atoms with van der Waals surface area (Å²) in [7, 11) is 3.39. The van der Waals surface area contributed by atoms with Crippen molar-refractivity contribution in [2.24, 2.45) is 0 Å². The topological polar surface area (TPSA) is 40.8 Å². The third kappa shape index (κ3) is 3.08. The van der Waals surface area contributed by atoms with Crippen LogP contribution in [0.1, 0.15) is 24.6 Å². The van der Waals surface area contributed by atoms with Crippen LogP contribution in [0.15, 0.2) is 28.7 Å². The lowest BCUT2D eigenvalue weighted by atomic mass is 9.93. The molecule has 7 heteroatoms. The predicted octanol–water partition coefficient (Wildman–Crippen LogP) is 1.82. The number of methoxy groups -OCH3 is 2. The molecule has 0 amide bonds. The molecule has 30 heavy (non-hydrogen) atoms. The minimum atomic E-state index is 0. The number of rotatable bonds is 4. The standard InChI is InChI=1S/C23H23BrNO4.ClH/c1-4-5-17-22-15(16(24)11-21(26-2)23(22)27-3)9-18-14-10-20-19(28-12-29-20)8-13(14)6-7-25(17)18;/h8-11H,4-7,12H2,1-3H3;1H/q+1;/p-1. The molecule has 0 radical (unpaired) electrons. The van der Waals surface area contributed by atoms with Crippen molar-refractivity contribution in [1.82, 2.24) is 0 Å². The fourth-order valence-electron chi connectivity index (χ4n) is 4.54. The van der Waals surface area contributed by atoms with Crippen molar-refractivity contribution in [2.45, 2.75) is 32.7 Å². The average molecular weight is 493 g/mol. The molecule has 5 rings (SSSR count). The van der Waals surface area contributed by atoms with E-state index in [1.54, 1.807) is 14.2 Å². The second-order valence-corrected chi connectivity index (χ2v) is 8.23. The molecule has 5 nitrogen and oxygen atoms in total. The maximum absolute atomic E-state index is 5.82. The number of aromatic nitrogens is 1. The Labute approximate surface area is 190 Å². The molecule has 1 aromatic heterocycles. The second kappa shape index (κ2) is 8.16. The van der Waals surface area contributed by atoms with E-state index in [9.17, 15) is 0 Å². The van der Waals surface area contributed by atoms with E-state index in [0.29, 0.717) is 6.79 Å². The van der Waals surface area contributed by atoms with Crippen LogP contribution < -0.4 is 35.9 Å². The number of aryl methyl sites for hydroxylation is 2. The van der Waals surface area contributed by atoms with E-state index >= 15 is 0 Å². The molecule has 0 spiro atoms. The quantitative estimate of drug-likeness (QED) is 0.521. The Morgan fingerprint density at radius 2 is 1.83 bits per heavy atom. The Morgan fingerprint density at radius 3 is 2.53 bits per heavy atom. The maximum Gasteiger partial charge on any atom is 0.231 e. The normalized spacial score (nSPS) is 13.5. The fourth-order valence-corrected chi connectivity index (χ4v) is 5.06. The van der Waals surface area contributed by atoms with Gasteiger partial charge in [0.1, 0.15) is 0 Å². The van der Waals surface area contributed by atoms with Crippen molar-refractivity contribution in [3.05, 3.63) is 40.0 Å². The van der Waals surface area contributed by atoms with Crippen LogP contribution in [0.4, 0.5) is 0 Å². The summed E-state index contributed by atoms with van der Waals surface area (Å²) in [6.07, 6.45) is 2.96. The van der Waals surface area contributed by atoms with Gasteiger partial charge in [-0.05, 0) is 30.2 Å². The average Bonchev–Trinajstić information content (AvgIpc) is 3.19. The SMILES string of the molecule is CCCc1c2c(OC)c(OC)cc(Br)c2cc2[n+]1CCc1cc3c(cc1-2)OCO3.[Cl-]. The molecule has 0 N–H and O–H groups in total. The predicted molar refractivity (Wildman–Crippen MR) is 114 cm³/mol. The molecule has 3 heterocycles. The first-order valence-electron chi connectivity index (χ1n) is 9.89. The molecule has 0 aliphatic carbocycles. The zero-order valence-electron chi connectivity index (χ0n) is 17.2. The van der Waals surface area contributed by atoms with E-state index in [2.05, 4.69) is 45.6 Å². The monoisotopic (exact) mass is 491 g/mol. The van der Waals surface area contributed by atoms with Gasteiger partial charge in [-0.2, -0.15) is 4.57 Å². The molecule has 0 unspecified atom stereocenters. The Bertz CT molecular complexity index is 1150. The van der Waals surface area contributed by atoms with Gasteiger partial charge in [0, 0.05) is 28.8 Å². The summed E-state index contributed by atoms with van der Waals surface area (Å²) in [6, 6.07) is 8.49. The first-order valence-corrected chi connectivity index (χ1v) is 10.7. The molecule has 2 aliphatic heterocycles. The minimum Gasteiger partial charge on any atom is -1.00 e. The number of ether oxygens (including phenoxy) is 4. The summed E-state index contributed by atoms with van der Waals surface area (Å²) in [5.41, 5.74) is 4.99. The van der Waals surface area contributed by atoms with Crippen LogP contribution >= 0.6 is 15.9 Å². The van der Waals surface area contributed by atoms with Crippen LogP contribution in [0.5, 0.6) is 23.0 Å². The number of pyridine rings is 1. The van der Waals surface area contributed by atoms with Gasteiger partial charge < -0.3 is 31.4 Å². The lowest BCUT2D eigenvalue weighted by Gasteiger charge is -2.21. The lowest BCUT2D eigenvalue weighted by Crippen LogP contribution is -3.00. The zero-order chi connectivity index (χ0) is 20.1. The Hall–Kier alpha value is -2.18. The van der Waals surface area contributed by atoms with Gasteiger partial charge in [-0.3, -0.25) is 0 Å². The highest BCUT2D eigenvalue weighted by Gasteiger charge is 2.32. The second-order valence-electron chi connectivity index (χ2n) is 7.37. The Kier molecular flexibility index (Phi) is 5.73. The molecule has 0 saturated heterocycles. The summed E-state index contributed by atoms with van der Waals surface area (Å²) in [5, 5.41) is 2.25. The van der Waals surface area contributed by atoms with Crippen molar-refractivity contribution in [2.75, 3.05) is 21.0 Å². The zero-order valence-corrected chi connectivity index (χ0v) is 19.5. The van der Waals surface area contributed by atoms with E-state index in [1.807, 2.05) is 6.07 Å². The number of hydrogen-bond donors (Lipinski definition) is 0. The van der Waals surface area contributed by atoms with Gasteiger partial charge in [-0.15, -0.1) is 0 Å². The molecular weight excluding hydrogens is 470 g/mol. The van der Waals surface area contributed by atoms with Crippen molar-refractivity contribution in [3.8, 4) is 34.3 Å². The van der Waals surface area contributed by atoms with Crippen LogP contribution in [0, 0.1) is 0 Å². The molecule has 0 atom stereocenters. The summed E-state index contributed by atoms with van der Waals surface area (Å²) in [6.45, 7) is 3.42. The van der Waals surface area contributed by atoms with Crippen molar-refractivity contribution >= 4 is 26.7 Å². The molecule has 2 aromatic carbocycles. The lowest BCUT2D eigenvalue weighted by molar-refractivity contribution is -0.693. The number of halogens is 2. The first kappa shape index (κ1) is 21.1. The minimum absolute atomic E-state index is 0. The largest absolute Gasteiger partial charge is 1.00 e. The third-order valence-corrected chi connectivity index (χ3v) is 6.47. The highest BCUT2D eigenvalue weighted by atomic mass is 79.9. The van der Waals surface area contributed by atoms with E-state index in [-0.39, 0.29) is 12.4 Å². The van der Waals surface area contributed by atoms with Crippen molar-refractivity contribution < 1.29 is 35.9 Å². The molecule has 158 valence electrons. The molecular formula is C23H23BrClNO4. The molecule has 3 aromatic rings. The van der Waals surface area contributed by atoms with Crippen LogP contribution in [0.25, 0.3) is 22.0 Å². The van der Waals surface area contributed by atoms with Crippen molar-refractivity contribution in [1.29, 1.82) is 0 Å². The van der Waals surface area contributed by atoms with Gasteiger partial charge in [0.05, 0.1) is 25.2 Å². The van der Waals surface area contributed by atoms with Crippen molar-refractivity contribution in [3.63, 3.8) is 0 Å². The van der Waals surface area contributed by atoms with Crippen LogP contribution in [0.3, 0.4) is 0 Å². The fraction of sp³-hybridized carbons (Fsp3) is 0.348. The third-order valence-electron chi connectivity index (χ3n) is 5.81. The smallest absolute Gasteiger partial charge is 0.231 e. The van der Waals surface area contributed by atoms with Crippen LogP contribution in [-0.2, 0) is 19.4 Å². The number of hydrogen-bond acceptors (Lipinski definition) is 4. The molecule has 0 fully saturated rings. The van der Waals surface area contributed by atoms with Gasteiger partial charge in [0.15, 0.2) is 35.2 Å².